The van der Waals surface area contributed by atoms with Gasteiger partial charge in [-0.3, -0.25) is 0 Å². The zero-order chi connectivity index (χ0) is 23.1. The van der Waals surface area contributed by atoms with Crippen molar-refractivity contribution in [1.82, 2.24) is 0 Å². The number of hydrogen-bond acceptors (Lipinski definition) is 1. The Kier molecular flexibility index (Phi) is 1.01. The largest absolute Gasteiger partial charge is 0.456 e. The Labute approximate surface area is 132 Å². The van der Waals surface area contributed by atoms with E-state index in [9.17, 15) is 0 Å². The lowest BCUT2D eigenvalue weighted by Gasteiger charge is -2.00. The van der Waals surface area contributed by atoms with Gasteiger partial charge >= 0.3 is 0 Å². The van der Waals surface area contributed by atoms with E-state index in [4.69, 9.17) is 19.5 Å². The van der Waals surface area contributed by atoms with Gasteiger partial charge in [-0.05, 0) is 42.2 Å². The monoisotopic (exact) mass is 269 g/mol. The van der Waals surface area contributed by atoms with Gasteiger partial charge in [0.15, 0.2) is 0 Å². The van der Waals surface area contributed by atoms with Crippen LogP contribution in [-0.4, -0.2) is 0 Å². The molecule has 0 bridgehead atoms. The first-order valence-corrected chi connectivity index (χ1v) is 5.91. The lowest BCUT2D eigenvalue weighted by Crippen LogP contribution is -1.76. The molecule has 1 heteroatoms. The summed E-state index contributed by atoms with van der Waals surface area (Å²) in [5.74, 6) is 0. The van der Waals surface area contributed by atoms with E-state index < -0.39 is 53.9 Å². The first-order chi connectivity index (χ1) is 14.4. The van der Waals surface area contributed by atoms with Crippen LogP contribution in [0, 0.1) is 6.92 Å². The van der Waals surface area contributed by atoms with Gasteiger partial charge in [-0.1, -0.05) is 47.9 Å². The Balaban J connectivity index is 2.27. The van der Waals surface area contributed by atoms with Crippen molar-refractivity contribution in [3.05, 3.63) is 72.0 Å². The average molecular weight is 269 g/mol. The van der Waals surface area contributed by atoms with E-state index in [-0.39, 0.29) is 51.2 Å². The minimum atomic E-state index is -0.637. The summed E-state index contributed by atoms with van der Waals surface area (Å²) in [5, 5.41) is -0.0178. The molecule has 0 atom stereocenters. The molecular formula is C19H14O. The van der Waals surface area contributed by atoms with Crippen LogP contribution in [0.2, 0.25) is 0 Å². The van der Waals surface area contributed by atoms with Crippen molar-refractivity contribution < 1.29 is 19.5 Å². The van der Waals surface area contributed by atoms with E-state index in [2.05, 4.69) is 0 Å². The highest BCUT2D eigenvalue weighted by Gasteiger charge is 2.08. The van der Waals surface area contributed by atoms with Crippen LogP contribution in [0.4, 0.5) is 0 Å². The maximum atomic E-state index is 8.58. The van der Waals surface area contributed by atoms with Crippen molar-refractivity contribution in [2.24, 2.45) is 0 Å². The molecule has 1 nitrogen and oxygen atoms in total. The second kappa shape index (κ2) is 4.24. The number of hydrogen-bond donors (Lipinski definition) is 0. The second-order valence-corrected chi connectivity index (χ2v) is 4.26. The minimum absolute atomic E-state index is 0.0353. The third kappa shape index (κ3) is 1.71. The predicted octanol–water partition coefficient (Wildman–Crippen LogP) is 5.56. The van der Waals surface area contributed by atoms with Crippen molar-refractivity contribution in [3.8, 4) is 11.1 Å². The SMILES string of the molecule is [2H]c1c([2H])c([2H])c(-c2c([2H])c([2H])c3c(oc4c([2H])c([2H])c(C)c([2H])c43)c2[2H])c([2H])c1[2H]. The molecule has 1 aromatic heterocycles. The normalized spacial score (nSPS) is 18.9. The van der Waals surface area contributed by atoms with Crippen molar-refractivity contribution in [2.45, 2.75) is 6.92 Å². The predicted molar refractivity (Wildman–Crippen MR) is 83.9 cm³/mol. The van der Waals surface area contributed by atoms with Crippen molar-refractivity contribution in [3.63, 3.8) is 0 Å². The molecule has 1 heterocycles. The molecule has 96 valence electrons. The fourth-order valence-electron chi connectivity index (χ4n) is 1.98. The molecule has 0 saturated heterocycles. The summed E-state index contributed by atoms with van der Waals surface area (Å²) < 4.78 is 95.4. The molecule has 4 rings (SSSR count). The van der Waals surface area contributed by atoms with Crippen LogP contribution in [0.1, 0.15) is 20.6 Å². The molecule has 4 aromatic rings. The molecule has 0 spiro atoms. The minimum Gasteiger partial charge on any atom is -0.456 e. The van der Waals surface area contributed by atoms with Gasteiger partial charge in [-0.2, -0.15) is 0 Å². The van der Waals surface area contributed by atoms with Crippen LogP contribution in [0.15, 0.2) is 70.9 Å². The summed E-state index contributed by atoms with van der Waals surface area (Å²) in [4.78, 5) is 0. The van der Waals surface area contributed by atoms with Crippen LogP contribution in [-0.2, 0) is 0 Å². The number of fused-ring (bicyclic) bond motifs is 3. The molecule has 0 fully saturated rings. The molecule has 0 unspecified atom stereocenters. The van der Waals surface area contributed by atoms with Crippen LogP contribution in [0.25, 0.3) is 33.1 Å². The van der Waals surface area contributed by atoms with Gasteiger partial charge in [-0.25, -0.2) is 0 Å². The third-order valence-electron chi connectivity index (χ3n) is 2.89. The van der Waals surface area contributed by atoms with Gasteiger partial charge < -0.3 is 4.42 Å². The molecule has 0 aliphatic heterocycles. The van der Waals surface area contributed by atoms with Crippen molar-refractivity contribution in [1.29, 1.82) is 0 Å². The molecule has 20 heavy (non-hydrogen) atoms. The Bertz CT molecular complexity index is 1420. The molecule has 0 aliphatic rings. The summed E-state index contributed by atoms with van der Waals surface area (Å²) in [6, 6.07) is -5.35. The molecule has 0 aliphatic carbocycles. The number of rotatable bonds is 1. The summed E-state index contributed by atoms with van der Waals surface area (Å²) >= 11 is 0. The summed E-state index contributed by atoms with van der Waals surface area (Å²) in [6.45, 7) is 1.48. The zero-order valence-corrected chi connectivity index (χ0v) is 10.4. The first-order valence-electron chi connectivity index (χ1n) is 11.4. The Morgan fingerprint density at radius 1 is 0.750 bits per heavy atom. The van der Waals surface area contributed by atoms with Gasteiger partial charge in [0, 0.05) is 10.8 Å². The topological polar surface area (TPSA) is 13.1 Å². The van der Waals surface area contributed by atoms with E-state index >= 15 is 0 Å². The van der Waals surface area contributed by atoms with Gasteiger partial charge in [-0.15, -0.1) is 0 Å². The number of benzene rings is 3. The number of furan rings is 1. The second-order valence-electron chi connectivity index (χ2n) is 4.26. The molecule has 0 radical (unpaired) electrons. The quantitative estimate of drug-likeness (QED) is 0.441. The maximum Gasteiger partial charge on any atom is 0.136 e. The van der Waals surface area contributed by atoms with Gasteiger partial charge in [0.25, 0.3) is 0 Å². The van der Waals surface area contributed by atoms with Gasteiger partial charge in [0.05, 0.1) is 15.1 Å². The van der Waals surface area contributed by atoms with Crippen LogP contribution in [0.3, 0.4) is 0 Å². The van der Waals surface area contributed by atoms with E-state index in [1.807, 2.05) is 0 Å². The van der Waals surface area contributed by atoms with Crippen LogP contribution >= 0.6 is 0 Å². The van der Waals surface area contributed by atoms with Gasteiger partial charge in [0.1, 0.15) is 11.2 Å². The highest BCUT2D eigenvalue weighted by Crippen LogP contribution is 2.32. The Morgan fingerprint density at radius 2 is 1.60 bits per heavy atom. The standard InChI is InChI=1S/C19H14O/c1-13-7-10-18-17(11-13)16-9-8-15(12-19(16)20-18)14-5-3-2-4-6-14/h2-12H,1H3/i2D,3D,4D,5D,6D,7D,8D,9D,10D,11D,12D. The van der Waals surface area contributed by atoms with Crippen molar-refractivity contribution >= 4 is 21.9 Å². The lowest BCUT2D eigenvalue weighted by atomic mass is 10.0. The lowest BCUT2D eigenvalue weighted by molar-refractivity contribution is 0.669. The smallest absolute Gasteiger partial charge is 0.136 e. The van der Waals surface area contributed by atoms with Gasteiger partial charge in [0.2, 0.25) is 0 Å². The fraction of sp³-hybridized carbons (Fsp3) is 0.0526. The Hall–Kier alpha value is -2.54. The van der Waals surface area contributed by atoms with E-state index in [0.717, 1.165) is 0 Å². The molecule has 0 saturated carbocycles. The third-order valence-corrected chi connectivity index (χ3v) is 2.89. The van der Waals surface area contributed by atoms with Crippen molar-refractivity contribution in [2.75, 3.05) is 0 Å². The van der Waals surface area contributed by atoms with E-state index in [1.165, 1.54) is 6.92 Å². The highest BCUT2D eigenvalue weighted by molar-refractivity contribution is 6.06. The van der Waals surface area contributed by atoms with E-state index in [1.54, 1.807) is 0 Å². The van der Waals surface area contributed by atoms with Crippen LogP contribution < -0.4 is 0 Å². The summed E-state index contributed by atoms with van der Waals surface area (Å²) in [5.41, 5.74) is -0.992. The average Bonchev–Trinajstić information content (AvgIpc) is 3.15. The molecular weight excluding hydrogens is 244 g/mol. The molecule has 0 N–H and O–H groups in total. The maximum absolute atomic E-state index is 8.58. The summed E-state index contributed by atoms with van der Waals surface area (Å²) in [6.07, 6.45) is 0. The Morgan fingerprint density at radius 3 is 2.45 bits per heavy atom. The fourth-order valence-corrected chi connectivity index (χ4v) is 1.98. The molecule has 3 aromatic carbocycles. The zero-order valence-electron chi connectivity index (χ0n) is 21.4. The highest BCUT2D eigenvalue weighted by atomic mass is 16.3. The van der Waals surface area contributed by atoms with E-state index in [0.29, 0.717) is 0 Å². The van der Waals surface area contributed by atoms with Crippen LogP contribution in [0.5, 0.6) is 0 Å². The first kappa shape index (κ1) is 4.78. The summed E-state index contributed by atoms with van der Waals surface area (Å²) in [7, 11) is 0. The molecule has 0 amide bonds.